The predicted octanol–water partition coefficient (Wildman–Crippen LogP) is 2.92. The Morgan fingerprint density at radius 1 is 1.13 bits per heavy atom. The van der Waals surface area contributed by atoms with Crippen molar-refractivity contribution in [3.63, 3.8) is 0 Å². The molecule has 0 N–H and O–H groups in total. The van der Waals surface area contributed by atoms with Crippen LogP contribution in [0.2, 0.25) is 0 Å². The van der Waals surface area contributed by atoms with Crippen LogP contribution < -0.4 is 4.57 Å². The minimum Gasteiger partial charge on any atom is -0.199 e. The first-order valence-corrected chi connectivity index (χ1v) is 5.40. The van der Waals surface area contributed by atoms with E-state index in [4.69, 9.17) is 0 Å². The average molecular weight is 226 g/mol. The summed E-state index contributed by atoms with van der Waals surface area (Å²) in [6.45, 7) is 3.77. The topological polar surface area (TPSA) is 3.88 Å². The molecule has 0 fully saturated rings. The van der Waals surface area contributed by atoms with Gasteiger partial charge < -0.3 is 0 Å². The lowest BCUT2D eigenvalue weighted by molar-refractivity contribution is -0.601. The smallest absolute Gasteiger partial charge is 0.199 e. The highest BCUT2D eigenvalue weighted by Crippen LogP contribution is 2.16. The van der Waals surface area contributed by atoms with Gasteiger partial charge in [-0.05, 0) is 19.1 Å². The molecule has 0 radical (unpaired) electrons. The summed E-state index contributed by atoms with van der Waals surface area (Å²) in [7, 11) is 0. The molecule has 0 aliphatic rings. The van der Waals surface area contributed by atoms with Gasteiger partial charge in [0.15, 0.2) is 17.3 Å². The SMILES string of the molecule is Cc1sc[n+](-c2c(F)cccc2F)c1C. The number of hydrogen-bond donors (Lipinski definition) is 0. The van der Waals surface area contributed by atoms with Crippen LogP contribution in [-0.4, -0.2) is 0 Å². The van der Waals surface area contributed by atoms with E-state index in [1.807, 2.05) is 13.8 Å². The van der Waals surface area contributed by atoms with Crippen molar-refractivity contribution in [2.75, 3.05) is 0 Å². The molecule has 0 aliphatic carbocycles. The van der Waals surface area contributed by atoms with E-state index in [-0.39, 0.29) is 5.69 Å². The maximum atomic E-state index is 13.5. The molecule has 0 aliphatic heterocycles. The minimum atomic E-state index is -0.541. The van der Waals surface area contributed by atoms with Gasteiger partial charge in [0.05, 0.1) is 4.88 Å². The Kier molecular flexibility index (Phi) is 2.52. The minimum absolute atomic E-state index is 0.000602. The number of halogens is 2. The van der Waals surface area contributed by atoms with Crippen LogP contribution in [0.3, 0.4) is 0 Å². The van der Waals surface area contributed by atoms with Crippen molar-refractivity contribution in [3.8, 4) is 5.69 Å². The Bertz CT molecular complexity index is 485. The molecule has 0 bridgehead atoms. The van der Waals surface area contributed by atoms with Crippen molar-refractivity contribution in [3.05, 3.63) is 45.9 Å². The highest BCUT2D eigenvalue weighted by molar-refractivity contribution is 7.09. The Morgan fingerprint density at radius 2 is 1.73 bits per heavy atom. The molecule has 15 heavy (non-hydrogen) atoms. The van der Waals surface area contributed by atoms with E-state index in [1.165, 1.54) is 29.5 Å². The summed E-state index contributed by atoms with van der Waals surface area (Å²) in [5.74, 6) is -1.08. The van der Waals surface area contributed by atoms with Crippen LogP contribution in [0.15, 0.2) is 23.7 Å². The second-order valence-corrected chi connectivity index (χ2v) is 4.36. The van der Waals surface area contributed by atoms with Crippen molar-refractivity contribution in [2.45, 2.75) is 13.8 Å². The first-order valence-electron chi connectivity index (χ1n) is 4.52. The standard InChI is InChI=1S/C11H10F2NS/c1-7-8(2)15-6-14(7)11-9(12)4-3-5-10(11)13/h3-6H,1-2H3/q+1. The molecular formula is C11H10F2NS+. The van der Waals surface area contributed by atoms with E-state index >= 15 is 0 Å². The third kappa shape index (κ3) is 1.65. The number of thiazole rings is 1. The Balaban J connectivity index is 2.69. The van der Waals surface area contributed by atoms with Gasteiger partial charge in [0.25, 0.3) is 5.69 Å². The first-order chi connectivity index (χ1) is 7.11. The zero-order valence-corrected chi connectivity index (χ0v) is 9.24. The van der Waals surface area contributed by atoms with Crippen molar-refractivity contribution >= 4 is 11.3 Å². The van der Waals surface area contributed by atoms with Crippen molar-refractivity contribution in [2.24, 2.45) is 0 Å². The van der Waals surface area contributed by atoms with Gasteiger partial charge in [-0.25, -0.2) is 0 Å². The highest BCUT2D eigenvalue weighted by Gasteiger charge is 2.23. The van der Waals surface area contributed by atoms with Crippen molar-refractivity contribution in [1.29, 1.82) is 0 Å². The summed E-state index contributed by atoms with van der Waals surface area (Å²) in [5.41, 5.74) is 2.58. The molecule has 2 rings (SSSR count). The van der Waals surface area contributed by atoms with Crippen LogP contribution in [0.25, 0.3) is 5.69 Å². The summed E-state index contributed by atoms with van der Waals surface area (Å²) in [5, 5.41) is 0. The van der Waals surface area contributed by atoms with Gasteiger partial charge in [0.1, 0.15) is 0 Å². The van der Waals surface area contributed by atoms with E-state index in [1.54, 1.807) is 10.1 Å². The summed E-state index contributed by atoms with van der Waals surface area (Å²) in [6.07, 6.45) is 0. The van der Waals surface area contributed by atoms with Gasteiger partial charge in [0, 0.05) is 6.92 Å². The molecule has 0 amide bonds. The monoisotopic (exact) mass is 226 g/mol. The molecule has 0 saturated carbocycles. The molecule has 1 heterocycles. The van der Waals surface area contributed by atoms with Crippen LogP contribution in [0, 0.1) is 25.5 Å². The Morgan fingerprint density at radius 3 is 2.20 bits per heavy atom. The summed E-state index contributed by atoms with van der Waals surface area (Å²) in [4.78, 5) is 1.05. The van der Waals surface area contributed by atoms with E-state index in [0.717, 1.165) is 10.6 Å². The van der Waals surface area contributed by atoms with Crippen LogP contribution in [0.4, 0.5) is 8.78 Å². The van der Waals surface area contributed by atoms with Crippen LogP contribution in [0.1, 0.15) is 10.6 Å². The normalized spacial score (nSPS) is 10.7. The molecule has 1 aromatic carbocycles. The van der Waals surface area contributed by atoms with Gasteiger partial charge >= 0.3 is 0 Å². The average Bonchev–Trinajstić information content (AvgIpc) is 2.49. The fourth-order valence-electron chi connectivity index (χ4n) is 1.41. The van der Waals surface area contributed by atoms with E-state index in [0.29, 0.717) is 0 Å². The lowest BCUT2D eigenvalue weighted by atomic mass is 10.2. The number of para-hydroxylation sites is 1. The van der Waals surface area contributed by atoms with Crippen molar-refractivity contribution < 1.29 is 13.3 Å². The molecule has 2 aromatic rings. The van der Waals surface area contributed by atoms with Gasteiger partial charge in [-0.2, -0.15) is 8.78 Å². The van der Waals surface area contributed by atoms with E-state index in [9.17, 15) is 8.78 Å². The number of hydrogen-bond acceptors (Lipinski definition) is 1. The lowest BCUT2D eigenvalue weighted by Gasteiger charge is -1.97. The number of nitrogens with zero attached hydrogens (tertiary/aromatic N) is 1. The first kappa shape index (κ1) is 10.2. The number of aromatic nitrogens is 1. The van der Waals surface area contributed by atoms with Gasteiger partial charge in [-0.3, -0.25) is 0 Å². The summed E-state index contributed by atoms with van der Waals surface area (Å²) >= 11 is 1.47. The van der Waals surface area contributed by atoms with Gasteiger partial charge in [-0.1, -0.05) is 17.4 Å². The number of aryl methyl sites for hydroxylation is 1. The van der Waals surface area contributed by atoms with E-state index < -0.39 is 11.6 Å². The van der Waals surface area contributed by atoms with Crippen LogP contribution in [-0.2, 0) is 0 Å². The second-order valence-electron chi connectivity index (χ2n) is 3.31. The third-order valence-corrected chi connectivity index (χ3v) is 3.35. The summed E-state index contributed by atoms with van der Waals surface area (Å²) < 4.78 is 28.5. The van der Waals surface area contributed by atoms with Crippen molar-refractivity contribution in [1.82, 2.24) is 0 Å². The molecule has 0 saturated heterocycles. The third-order valence-electron chi connectivity index (χ3n) is 2.38. The summed E-state index contributed by atoms with van der Waals surface area (Å²) in [6, 6.07) is 3.89. The fourth-order valence-corrected chi connectivity index (χ4v) is 2.20. The molecular weight excluding hydrogens is 216 g/mol. The second kappa shape index (κ2) is 3.70. The zero-order valence-electron chi connectivity index (χ0n) is 8.42. The maximum absolute atomic E-state index is 13.5. The molecule has 0 atom stereocenters. The number of benzene rings is 1. The molecule has 1 nitrogen and oxygen atoms in total. The quantitative estimate of drug-likeness (QED) is 0.658. The molecule has 0 unspecified atom stereocenters. The largest absolute Gasteiger partial charge is 0.283 e. The molecule has 1 aromatic heterocycles. The molecule has 4 heteroatoms. The molecule has 78 valence electrons. The molecule has 0 spiro atoms. The maximum Gasteiger partial charge on any atom is 0.283 e. The highest BCUT2D eigenvalue weighted by atomic mass is 32.1. The zero-order chi connectivity index (χ0) is 11.0. The van der Waals surface area contributed by atoms with Gasteiger partial charge in [-0.15, -0.1) is 4.57 Å². The van der Waals surface area contributed by atoms with Gasteiger partial charge in [0.2, 0.25) is 5.51 Å². The lowest BCUT2D eigenvalue weighted by Crippen LogP contribution is -2.33. The van der Waals surface area contributed by atoms with E-state index in [2.05, 4.69) is 0 Å². The Labute approximate surface area is 90.6 Å². The predicted molar refractivity (Wildman–Crippen MR) is 55.2 cm³/mol. The van der Waals surface area contributed by atoms with Crippen LogP contribution >= 0.6 is 11.3 Å². The van der Waals surface area contributed by atoms with Crippen LogP contribution in [0.5, 0.6) is 0 Å². The fraction of sp³-hybridized carbons (Fsp3) is 0.182. The Hall–Kier alpha value is -1.29. The number of rotatable bonds is 1.